The van der Waals surface area contributed by atoms with Crippen molar-refractivity contribution >= 4 is 17.2 Å². The number of amides is 1. The van der Waals surface area contributed by atoms with Crippen LogP contribution in [0.2, 0.25) is 0 Å². The van der Waals surface area contributed by atoms with Crippen molar-refractivity contribution in [3.05, 3.63) is 35.6 Å². The lowest BCUT2D eigenvalue weighted by Crippen LogP contribution is -2.23. The predicted octanol–water partition coefficient (Wildman–Crippen LogP) is 1.43. The summed E-state index contributed by atoms with van der Waals surface area (Å²) < 4.78 is 0. The lowest BCUT2D eigenvalue weighted by Gasteiger charge is -1.98. The van der Waals surface area contributed by atoms with E-state index in [9.17, 15) is 4.79 Å². The molecule has 6 heteroatoms. The number of nitrogens with zero attached hydrogens (tertiary/aromatic N) is 2. The summed E-state index contributed by atoms with van der Waals surface area (Å²) in [5, 5.41) is 2.72. The van der Waals surface area contributed by atoms with E-state index < -0.39 is 0 Å². The van der Waals surface area contributed by atoms with Crippen LogP contribution in [0.15, 0.2) is 29.9 Å². The number of pyridine rings is 1. The fourth-order valence-electron chi connectivity index (χ4n) is 1.32. The lowest BCUT2D eigenvalue weighted by molar-refractivity contribution is -0.130. The molecule has 2 rings (SSSR count). The van der Waals surface area contributed by atoms with E-state index in [0.717, 1.165) is 16.3 Å². The molecule has 0 saturated carbocycles. The Balaban J connectivity index is 2.09. The molecule has 5 nitrogen and oxygen atoms in total. The highest BCUT2D eigenvalue weighted by Gasteiger charge is 2.08. The highest BCUT2D eigenvalue weighted by molar-refractivity contribution is 7.13. The number of thiazole rings is 1. The number of carbonyl (C=O) groups excluding carboxylic acids is 1. The second kappa shape index (κ2) is 5.51. The summed E-state index contributed by atoms with van der Waals surface area (Å²) in [6, 6.07) is 3.79. The summed E-state index contributed by atoms with van der Waals surface area (Å²) in [5.74, 6) is -0.212. The van der Waals surface area contributed by atoms with Gasteiger partial charge in [0.2, 0.25) is 5.91 Å². The van der Waals surface area contributed by atoms with Gasteiger partial charge in [-0.2, -0.15) is 0 Å². The Bertz CT molecular complexity index is 498. The quantitative estimate of drug-likeness (QED) is 0.832. The van der Waals surface area contributed by atoms with Crippen LogP contribution in [0, 0.1) is 0 Å². The molecule has 1 N–H and O–H groups in total. The molecule has 0 atom stereocenters. The number of hydrogen-bond acceptors (Lipinski definition) is 5. The van der Waals surface area contributed by atoms with E-state index in [1.54, 1.807) is 12.4 Å². The summed E-state index contributed by atoms with van der Waals surface area (Å²) >= 11 is 1.49. The van der Waals surface area contributed by atoms with Gasteiger partial charge in [-0.3, -0.25) is 14.6 Å². The third-order valence-corrected chi connectivity index (χ3v) is 2.96. The molecule has 0 bridgehead atoms. The van der Waals surface area contributed by atoms with Gasteiger partial charge in [-0.15, -0.1) is 11.3 Å². The first-order valence-electron chi connectivity index (χ1n) is 4.96. The Morgan fingerprint density at radius 3 is 3.18 bits per heavy atom. The van der Waals surface area contributed by atoms with Gasteiger partial charge >= 0.3 is 0 Å². The van der Waals surface area contributed by atoms with Crippen molar-refractivity contribution in [2.75, 3.05) is 7.11 Å². The van der Waals surface area contributed by atoms with Crippen LogP contribution in [0.3, 0.4) is 0 Å². The van der Waals surface area contributed by atoms with Gasteiger partial charge in [-0.05, 0) is 12.1 Å². The molecule has 88 valence electrons. The van der Waals surface area contributed by atoms with E-state index in [1.807, 2.05) is 17.5 Å². The summed E-state index contributed by atoms with van der Waals surface area (Å²) in [4.78, 5) is 24.2. The van der Waals surface area contributed by atoms with Crippen LogP contribution in [0.5, 0.6) is 0 Å². The van der Waals surface area contributed by atoms with Crippen molar-refractivity contribution in [2.45, 2.75) is 6.42 Å². The number of hydrogen-bond donors (Lipinski definition) is 1. The molecule has 1 amide bonds. The zero-order valence-corrected chi connectivity index (χ0v) is 10.0. The van der Waals surface area contributed by atoms with Gasteiger partial charge in [0.1, 0.15) is 5.01 Å². The van der Waals surface area contributed by atoms with Crippen molar-refractivity contribution in [3.8, 4) is 10.6 Å². The third kappa shape index (κ3) is 3.08. The second-order valence-corrected chi connectivity index (χ2v) is 4.15. The first-order chi connectivity index (χ1) is 8.29. The maximum atomic E-state index is 11.3. The zero-order chi connectivity index (χ0) is 12.1. The van der Waals surface area contributed by atoms with Gasteiger partial charge in [-0.25, -0.2) is 10.5 Å². The van der Waals surface area contributed by atoms with Crippen LogP contribution in [0.4, 0.5) is 0 Å². The van der Waals surface area contributed by atoms with Gasteiger partial charge in [0.05, 0.1) is 19.2 Å². The predicted molar refractivity (Wildman–Crippen MR) is 64.2 cm³/mol. The highest BCUT2D eigenvalue weighted by Crippen LogP contribution is 2.22. The molecule has 0 fully saturated rings. The molecule has 2 aromatic heterocycles. The van der Waals surface area contributed by atoms with E-state index >= 15 is 0 Å². The molecule has 0 unspecified atom stereocenters. The molecule has 17 heavy (non-hydrogen) atoms. The molecule has 0 aliphatic carbocycles. The zero-order valence-electron chi connectivity index (χ0n) is 9.21. The van der Waals surface area contributed by atoms with Gasteiger partial charge < -0.3 is 0 Å². The normalized spacial score (nSPS) is 10.2. The summed E-state index contributed by atoms with van der Waals surface area (Å²) in [5.41, 5.74) is 3.94. The molecule has 0 spiro atoms. The topological polar surface area (TPSA) is 64.1 Å². The Kier molecular flexibility index (Phi) is 3.79. The van der Waals surface area contributed by atoms with Crippen molar-refractivity contribution in [2.24, 2.45) is 0 Å². The van der Waals surface area contributed by atoms with Crippen LogP contribution < -0.4 is 5.48 Å². The van der Waals surface area contributed by atoms with Crippen molar-refractivity contribution in [1.29, 1.82) is 0 Å². The van der Waals surface area contributed by atoms with Gasteiger partial charge in [-0.1, -0.05) is 0 Å². The highest BCUT2D eigenvalue weighted by atomic mass is 32.1. The Morgan fingerprint density at radius 1 is 1.59 bits per heavy atom. The smallest absolute Gasteiger partial charge is 0.249 e. The SMILES string of the molecule is CONC(=O)Cc1csc(-c2cccnc2)n1. The minimum Gasteiger partial charge on any atom is -0.277 e. The second-order valence-electron chi connectivity index (χ2n) is 3.29. The molecule has 0 aromatic carbocycles. The Hall–Kier alpha value is -1.79. The van der Waals surface area contributed by atoms with Gasteiger partial charge in [0.15, 0.2) is 0 Å². The third-order valence-electron chi connectivity index (χ3n) is 2.02. The summed E-state index contributed by atoms with van der Waals surface area (Å²) in [6.45, 7) is 0. The van der Waals surface area contributed by atoms with Crippen molar-refractivity contribution < 1.29 is 9.63 Å². The molecule has 2 aromatic rings. The number of carbonyl (C=O) groups is 1. The lowest BCUT2D eigenvalue weighted by atomic mass is 10.3. The minimum absolute atomic E-state index is 0.212. The van der Waals surface area contributed by atoms with E-state index in [0.29, 0.717) is 0 Å². The fourth-order valence-corrected chi connectivity index (χ4v) is 2.13. The molecule has 0 aliphatic heterocycles. The maximum absolute atomic E-state index is 11.3. The number of rotatable bonds is 4. The largest absolute Gasteiger partial charge is 0.277 e. The van der Waals surface area contributed by atoms with Gasteiger partial charge in [0.25, 0.3) is 0 Å². The molecule has 2 heterocycles. The number of nitrogens with one attached hydrogen (secondary N) is 1. The first-order valence-corrected chi connectivity index (χ1v) is 5.84. The molecule has 0 aliphatic rings. The van der Waals surface area contributed by atoms with Gasteiger partial charge in [0, 0.05) is 23.3 Å². The molecule has 0 saturated heterocycles. The van der Waals surface area contributed by atoms with Crippen LogP contribution in [0.1, 0.15) is 5.69 Å². The van der Waals surface area contributed by atoms with Crippen LogP contribution >= 0.6 is 11.3 Å². The maximum Gasteiger partial charge on any atom is 0.249 e. The van der Waals surface area contributed by atoms with E-state index in [2.05, 4.69) is 20.3 Å². The summed E-state index contributed by atoms with van der Waals surface area (Å²) in [6.07, 6.45) is 3.67. The van der Waals surface area contributed by atoms with Crippen LogP contribution in [-0.2, 0) is 16.1 Å². The van der Waals surface area contributed by atoms with Crippen LogP contribution in [-0.4, -0.2) is 23.0 Å². The Labute approximate surface area is 102 Å². The first kappa shape index (κ1) is 11.7. The fraction of sp³-hybridized carbons (Fsp3) is 0.182. The average Bonchev–Trinajstić information content (AvgIpc) is 2.79. The van der Waals surface area contributed by atoms with E-state index in [-0.39, 0.29) is 12.3 Å². The Morgan fingerprint density at radius 2 is 2.47 bits per heavy atom. The molecular formula is C11H11N3O2S. The summed E-state index contributed by atoms with van der Waals surface area (Å²) in [7, 11) is 1.40. The number of hydroxylamine groups is 1. The molecule has 0 radical (unpaired) electrons. The monoisotopic (exact) mass is 249 g/mol. The van der Waals surface area contributed by atoms with E-state index in [1.165, 1.54) is 18.4 Å². The van der Waals surface area contributed by atoms with E-state index in [4.69, 9.17) is 0 Å². The average molecular weight is 249 g/mol. The van der Waals surface area contributed by atoms with Crippen LogP contribution in [0.25, 0.3) is 10.6 Å². The minimum atomic E-state index is -0.212. The molecular weight excluding hydrogens is 238 g/mol. The standard InChI is InChI=1S/C11H11N3O2S/c1-16-14-10(15)5-9-7-17-11(13-9)8-3-2-4-12-6-8/h2-4,6-7H,5H2,1H3,(H,14,15). The van der Waals surface area contributed by atoms with Crippen molar-refractivity contribution in [1.82, 2.24) is 15.4 Å². The number of aromatic nitrogens is 2. The van der Waals surface area contributed by atoms with Crippen molar-refractivity contribution in [3.63, 3.8) is 0 Å².